The Balaban J connectivity index is 1.50. The lowest BCUT2D eigenvalue weighted by molar-refractivity contribution is 0.746. The van der Waals surface area contributed by atoms with E-state index in [-0.39, 0.29) is 0 Å². The van der Waals surface area contributed by atoms with Crippen LogP contribution in [0.5, 0.6) is 0 Å². The number of para-hydroxylation sites is 2. The van der Waals surface area contributed by atoms with E-state index in [0.717, 1.165) is 0 Å². The van der Waals surface area contributed by atoms with Crippen molar-refractivity contribution in [1.82, 2.24) is 0 Å². The molecule has 1 spiro atoms. The molecular formula is C38H28NSi. The van der Waals surface area contributed by atoms with Crippen LogP contribution >= 0.6 is 0 Å². The van der Waals surface area contributed by atoms with Crippen molar-refractivity contribution in [3.63, 3.8) is 0 Å². The van der Waals surface area contributed by atoms with E-state index in [0.29, 0.717) is 0 Å². The van der Waals surface area contributed by atoms with E-state index in [1.165, 1.54) is 65.9 Å². The Morgan fingerprint density at radius 3 is 1.43 bits per heavy atom. The zero-order chi connectivity index (χ0) is 26.7. The zero-order valence-corrected chi connectivity index (χ0v) is 23.4. The Bertz CT molecular complexity index is 1820. The van der Waals surface area contributed by atoms with E-state index in [1.54, 1.807) is 0 Å². The standard InChI is InChI=1S/C38H28NSi/c1-26-14-2-3-15-27(26)28-16-4-11-23-35(28)40-36-24-12-7-19-31(36)38(32-20-8-13-25-37(32)40)29-17-5-9-21-33(29)39-34-22-10-6-18-30(34)38/h2-25,39H,1H3. The van der Waals surface area contributed by atoms with Crippen LogP contribution in [-0.2, 0) is 5.41 Å². The second-order valence-electron chi connectivity index (χ2n) is 10.8. The molecule has 2 aliphatic heterocycles. The highest BCUT2D eigenvalue weighted by molar-refractivity contribution is 6.97. The average molecular weight is 527 g/mol. The van der Waals surface area contributed by atoms with Gasteiger partial charge in [-0.25, -0.2) is 0 Å². The molecule has 189 valence electrons. The molecule has 2 aliphatic rings. The molecule has 6 aromatic rings. The molecule has 0 saturated carbocycles. The minimum absolute atomic E-state index is 0.391. The Labute approximate surface area is 237 Å². The second kappa shape index (κ2) is 8.94. The third-order valence-electron chi connectivity index (χ3n) is 8.76. The van der Waals surface area contributed by atoms with Crippen LogP contribution in [0.4, 0.5) is 11.4 Å². The number of hydrogen-bond acceptors (Lipinski definition) is 1. The Morgan fingerprint density at radius 1 is 0.425 bits per heavy atom. The molecule has 0 aromatic heterocycles. The molecule has 1 radical (unpaired) electrons. The summed E-state index contributed by atoms with van der Waals surface area (Å²) in [5.74, 6) is 0. The molecule has 0 unspecified atom stereocenters. The topological polar surface area (TPSA) is 12.0 Å². The van der Waals surface area contributed by atoms with Gasteiger partial charge in [0.05, 0.1) is 5.41 Å². The molecule has 0 saturated heterocycles. The third kappa shape index (κ3) is 3.14. The molecule has 1 nitrogen and oxygen atoms in total. The van der Waals surface area contributed by atoms with Gasteiger partial charge in [0.2, 0.25) is 0 Å². The summed E-state index contributed by atoms with van der Waals surface area (Å²) in [6.07, 6.45) is 0. The van der Waals surface area contributed by atoms with Gasteiger partial charge in [-0.2, -0.15) is 0 Å². The molecule has 0 bridgehead atoms. The number of nitrogens with one attached hydrogen (secondary N) is 1. The monoisotopic (exact) mass is 526 g/mol. The zero-order valence-electron chi connectivity index (χ0n) is 22.4. The fraction of sp³-hybridized carbons (Fsp3) is 0.0526. The molecule has 0 fully saturated rings. The summed E-state index contributed by atoms with van der Waals surface area (Å²) in [4.78, 5) is 0. The lowest BCUT2D eigenvalue weighted by Crippen LogP contribution is -2.62. The van der Waals surface area contributed by atoms with Gasteiger partial charge >= 0.3 is 0 Å². The van der Waals surface area contributed by atoms with Gasteiger partial charge in [0.15, 0.2) is 8.80 Å². The Hall–Kier alpha value is -4.66. The van der Waals surface area contributed by atoms with Gasteiger partial charge in [0.25, 0.3) is 0 Å². The van der Waals surface area contributed by atoms with Crippen LogP contribution in [0.2, 0.25) is 0 Å². The van der Waals surface area contributed by atoms with E-state index in [4.69, 9.17) is 0 Å². The summed E-state index contributed by atoms with van der Waals surface area (Å²) in [6, 6.07) is 54.2. The number of benzene rings is 6. The van der Waals surface area contributed by atoms with E-state index in [1.807, 2.05) is 0 Å². The van der Waals surface area contributed by atoms with Crippen molar-refractivity contribution < 1.29 is 0 Å². The van der Waals surface area contributed by atoms with Crippen molar-refractivity contribution in [1.29, 1.82) is 0 Å². The lowest BCUT2D eigenvalue weighted by Gasteiger charge is -2.48. The lowest BCUT2D eigenvalue weighted by atomic mass is 9.62. The second-order valence-corrected chi connectivity index (χ2v) is 13.2. The van der Waals surface area contributed by atoms with Crippen LogP contribution in [0, 0.1) is 6.92 Å². The SMILES string of the molecule is Cc1ccccc1-c1ccccc1[Si]1c2ccccc2C2(c3ccccc3Nc3ccccc32)c2ccccc21. The number of hydrogen-bond donors (Lipinski definition) is 1. The molecule has 0 amide bonds. The summed E-state index contributed by atoms with van der Waals surface area (Å²) in [7, 11) is -1.33. The van der Waals surface area contributed by atoms with Crippen LogP contribution in [0.15, 0.2) is 146 Å². The number of rotatable bonds is 2. The largest absolute Gasteiger partial charge is 0.355 e. The van der Waals surface area contributed by atoms with Gasteiger partial charge in [-0.15, -0.1) is 0 Å². The number of anilines is 2. The molecule has 0 atom stereocenters. The van der Waals surface area contributed by atoms with Crippen LogP contribution in [0.3, 0.4) is 0 Å². The maximum atomic E-state index is 3.76. The highest BCUT2D eigenvalue weighted by atomic mass is 28.3. The van der Waals surface area contributed by atoms with Gasteiger partial charge in [0, 0.05) is 11.4 Å². The van der Waals surface area contributed by atoms with E-state index in [9.17, 15) is 0 Å². The molecule has 2 heterocycles. The first-order valence-electron chi connectivity index (χ1n) is 14.0. The first-order chi connectivity index (χ1) is 19.8. The van der Waals surface area contributed by atoms with Crippen molar-refractivity contribution in [2.75, 3.05) is 5.32 Å². The quantitative estimate of drug-likeness (QED) is 0.241. The first-order valence-corrected chi connectivity index (χ1v) is 15.5. The number of fused-ring (bicyclic) bond motifs is 8. The van der Waals surface area contributed by atoms with Gasteiger partial charge in [0.1, 0.15) is 0 Å². The molecule has 2 heteroatoms. The predicted molar refractivity (Wildman–Crippen MR) is 169 cm³/mol. The maximum absolute atomic E-state index is 3.76. The summed E-state index contributed by atoms with van der Waals surface area (Å²) in [5.41, 5.74) is 11.4. The van der Waals surface area contributed by atoms with E-state index < -0.39 is 14.2 Å². The van der Waals surface area contributed by atoms with E-state index in [2.05, 4.69) is 158 Å². The summed E-state index contributed by atoms with van der Waals surface area (Å²) in [6.45, 7) is 2.23. The molecule has 1 N–H and O–H groups in total. The molecule has 8 rings (SSSR count). The van der Waals surface area contributed by atoms with Crippen LogP contribution < -0.4 is 20.9 Å². The van der Waals surface area contributed by atoms with E-state index >= 15 is 0 Å². The first kappa shape index (κ1) is 23.2. The van der Waals surface area contributed by atoms with Crippen LogP contribution in [0.1, 0.15) is 27.8 Å². The minimum Gasteiger partial charge on any atom is -0.355 e. The maximum Gasteiger partial charge on any atom is 0.156 e. The fourth-order valence-electron chi connectivity index (χ4n) is 7.16. The minimum atomic E-state index is -1.33. The number of aryl methyl sites for hydroxylation is 1. The molecule has 6 aromatic carbocycles. The van der Waals surface area contributed by atoms with Crippen molar-refractivity contribution >= 4 is 35.7 Å². The summed E-state index contributed by atoms with van der Waals surface area (Å²) >= 11 is 0. The van der Waals surface area contributed by atoms with Crippen LogP contribution in [-0.4, -0.2) is 8.80 Å². The molecule has 40 heavy (non-hydrogen) atoms. The summed E-state index contributed by atoms with van der Waals surface area (Å²) in [5, 5.41) is 8.15. The van der Waals surface area contributed by atoms with Gasteiger partial charge in [-0.1, -0.05) is 133 Å². The van der Waals surface area contributed by atoms with Gasteiger partial charge < -0.3 is 5.32 Å². The highest BCUT2D eigenvalue weighted by Crippen LogP contribution is 2.53. The molecular weight excluding hydrogens is 499 g/mol. The van der Waals surface area contributed by atoms with Crippen molar-refractivity contribution in [2.45, 2.75) is 12.3 Å². The van der Waals surface area contributed by atoms with Gasteiger partial charge in [-0.3, -0.25) is 0 Å². The Morgan fingerprint density at radius 2 is 0.850 bits per heavy atom. The van der Waals surface area contributed by atoms with Gasteiger partial charge in [-0.05, 0) is 73.6 Å². The van der Waals surface area contributed by atoms with Crippen molar-refractivity contribution in [3.05, 3.63) is 173 Å². The fourth-order valence-corrected chi connectivity index (χ4v) is 10.4. The smallest absolute Gasteiger partial charge is 0.156 e. The summed E-state index contributed by atoms with van der Waals surface area (Å²) < 4.78 is 0. The van der Waals surface area contributed by atoms with Crippen molar-refractivity contribution in [3.8, 4) is 11.1 Å². The third-order valence-corrected chi connectivity index (χ3v) is 11.7. The van der Waals surface area contributed by atoms with Crippen LogP contribution in [0.25, 0.3) is 11.1 Å². The van der Waals surface area contributed by atoms with Crippen molar-refractivity contribution in [2.24, 2.45) is 0 Å². The average Bonchev–Trinajstić information content (AvgIpc) is 3.01. The molecule has 0 aliphatic carbocycles. The predicted octanol–water partition coefficient (Wildman–Crippen LogP) is 6.93. The Kier molecular flexibility index (Phi) is 5.19. The highest BCUT2D eigenvalue weighted by Gasteiger charge is 2.50. The normalized spacial score (nSPS) is 14.4.